The summed E-state index contributed by atoms with van der Waals surface area (Å²) in [6.07, 6.45) is 5.33. The number of hydrogen-bond acceptors (Lipinski definition) is 14. The number of carbonyl (C=O) groups is 8. The van der Waals surface area contributed by atoms with E-state index in [0.717, 1.165) is 17.5 Å². The van der Waals surface area contributed by atoms with Crippen LogP contribution in [0, 0.1) is 16.7 Å². The first-order chi connectivity index (χ1) is 45.0. The van der Waals surface area contributed by atoms with Crippen molar-refractivity contribution in [1.82, 2.24) is 34.7 Å². The standard InChI is InChI=1S/C65H97N9O10.C8H4N2O2/c1-44(69(15)60(81)83-64(9,10)11)53(75)41-52(62(3,4)5)56(77)73-37-23-29-50(73)42-71(39-35-46-25-19-17-20-26-46)58(79)66-48-31-33-49(34-32-48)67-59(80)72(40-36-47-27-21-18-22-28-47)43-51-30-24-38-74(51)57(78)54(63(6,7)8)68-55(76)45(2)70(16)61(82)84-65(12,13)14;11-5-9-7-1-2-8(4-3-7)10-6-12/h17-22,25-28,31-34,44-45,50-52,54H,23-24,29-30,35-43H2,1-16H3,(H,66,79)(H,67,80)(H,68,76);1-4H/t44-,45-,50-,51-,52+,54+;/m0./s1. The smallest absolute Gasteiger partial charge is 0.410 e. The van der Waals surface area contributed by atoms with Crippen LogP contribution in [0.2, 0.25) is 0 Å². The number of amides is 9. The van der Waals surface area contributed by atoms with Gasteiger partial charge in [0, 0.05) is 89.2 Å². The number of hydrogen-bond donors (Lipinski definition) is 3. The maximum absolute atomic E-state index is 14.7. The molecule has 2 fully saturated rings. The van der Waals surface area contributed by atoms with Crippen LogP contribution in [0.15, 0.2) is 119 Å². The van der Waals surface area contributed by atoms with Crippen LogP contribution in [0.4, 0.5) is 41.9 Å². The molecule has 6 rings (SSSR count). The second-order valence-corrected chi connectivity index (χ2v) is 28.8. The summed E-state index contributed by atoms with van der Waals surface area (Å²) < 4.78 is 11.0. The van der Waals surface area contributed by atoms with Gasteiger partial charge in [-0.25, -0.2) is 28.8 Å². The number of nitrogens with one attached hydrogen (secondary N) is 3. The van der Waals surface area contributed by atoms with E-state index in [1.54, 1.807) is 119 Å². The van der Waals surface area contributed by atoms with Gasteiger partial charge in [0.2, 0.25) is 29.9 Å². The van der Waals surface area contributed by atoms with Crippen LogP contribution < -0.4 is 16.0 Å². The molecule has 2 aliphatic heterocycles. The zero-order valence-corrected chi connectivity index (χ0v) is 59.0. The first-order valence-corrected chi connectivity index (χ1v) is 32.9. The lowest BCUT2D eigenvalue weighted by molar-refractivity contribution is -0.143. The van der Waals surface area contributed by atoms with Crippen molar-refractivity contribution in [3.8, 4) is 0 Å². The highest BCUT2D eigenvalue weighted by Crippen LogP contribution is 2.35. The third kappa shape index (κ3) is 24.2. The number of carbonyl (C=O) groups excluding carboxylic acids is 10. The van der Waals surface area contributed by atoms with E-state index in [2.05, 4.69) is 25.9 Å². The Kier molecular flexibility index (Phi) is 28.2. The number of benzene rings is 4. The van der Waals surface area contributed by atoms with Gasteiger partial charge in [-0.1, -0.05) is 102 Å². The molecule has 9 amide bonds. The molecule has 2 saturated heterocycles. The van der Waals surface area contributed by atoms with E-state index in [4.69, 9.17) is 9.47 Å². The number of isocyanates is 2. The second-order valence-electron chi connectivity index (χ2n) is 28.8. The van der Waals surface area contributed by atoms with Gasteiger partial charge in [-0.15, -0.1) is 0 Å². The number of aliphatic imine (C=N–C) groups is 2. The minimum Gasteiger partial charge on any atom is -0.444 e. The number of rotatable bonds is 23. The molecule has 0 bridgehead atoms. The van der Waals surface area contributed by atoms with Crippen molar-refractivity contribution in [3.63, 3.8) is 0 Å². The Morgan fingerprint density at radius 2 is 0.927 bits per heavy atom. The largest absolute Gasteiger partial charge is 0.444 e. The van der Waals surface area contributed by atoms with Crippen LogP contribution in [-0.2, 0) is 51.1 Å². The number of ether oxygens (including phenoxy) is 2. The monoisotopic (exact) mass is 1320 g/mol. The normalized spacial score (nSPS) is 15.9. The number of anilines is 2. The number of Topliss-reactive ketones (excluding diaryl/α,β-unsaturated/α-hetero) is 1. The van der Waals surface area contributed by atoms with Crippen LogP contribution in [0.25, 0.3) is 0 Å². The molecule has 0 spiro atoms. The Morgan fingerprint density at radius 1 is 0.542 bits per heavy atom. The third-order valence-electron chi connectivity index (χ3n) is 16.9. The summed E-state index contributed by atoms with van der Waals surface area (Å²) in [5.41, 5.74) is 1.22. The van der Waals surface area contributed by atoms with Gasteiger partial charge < -0.3 is 49.9 Å². The number of ketones is 1. The molecule has 96 heavy (non-hydrogen) atoms. The zero-order valence-electron chi connectivity index (χ0n) is 59.0. The predicted molar refractivity (Wildman–Crippen MR) is 370 cm³/mol. The lowest BCUT2D eigenvalue weighted by atomic mass is 9.76. The number of likely N-dealkylation sites (N-methyl/N-ethyl adjacent to an activating group) is 2. The topological polar surface area (TPSA) is 269 Å². The molecule has 4 aromatic carbocycles. The highest BCUT2D eigenvalue weighted by Gasteiger charge is 2.44. The highest BCUT2D eigenvalue weighted by atomic mass is 16.6. The first kappa shape index (κ1) is 77.5. The van der Waals surface area contributed by atoms with Gasteiger partial charge in [0.15, 0.2) is 5.78 Å². The van der Waals surface area contributed by atoms with Gasteiger partial charge in [0.25, 0.3) is 0 Å². The van der Waals surface area contributed by atoms with Gasteiger partial charge in [-0.05, 0) is 164 Å². The van der Waals surface area contributed by atoms with Crippen LogP contribution in [-0.4, -0.2) is 184 Å². The molecule has 0 aliphatic carbocycles. The summed E-state index contributed by atoms with van der Waals surface area (Å²) in [7, 11) is 3.01. The van der Waals surface area contributed by atoms with Crippen LogP contribution >= 0.6 is 0 Å². The summed E-state index contributed by atoms with van der Waals surface area (Å²) in [5, 5.41) is 9.07. The molecule has 6 atom stereocenters. The van der Waals surface area contributed by atoms with E-state index in [1.165, 1.54) is 36.1 Å². The molecule has 2 aliphatic rings. The van der Waals surface area contributed by atoms with Crippen molar-refractivity contribution >= 4 is 82.7 Å². The molecule has 520 valence electrons. The molecule has 0 unspecified atom stereocenters. The van der Waals surface area contributed by atoms with Crippen LogP contribution in [0.1, 0.15) is 140 Å². The van der Waals surface area contributed by atoms with Gasteiger partial charge in [-0.2, -0.15) is 9.98 Å². The Hall–Kier alpha value is -9.20. The van der Waals surface area contributed by atoms with Crippen LogP contribution in [0.5, 0.6) is 0 Å². The van der Waals surface area contributed by atoms with E-state index >= 15 is 0 Å². The summed E-state index contributed by atoms with van der Waals surface area (Å²) >= 11 is 0. The van der Waals surface area contributed by atoms with E-state index < -0.39 is 64.2 Å². The fraction of sp³-hybridized carbons (Fsp3) is 0.534. The predicted octanol–water partition coefficient (Wildman–Crippen LogP) is 12.1. The first-order valence-electron chi connectivity index (χ1n) is 32.9. The van der Waals surface area contributed by atoms with Crippen LogP contribution in [0.3, 0.4) is 0 Å². The fourth-order valence-electron chi connectivity index (χ4n) is 11.0. The Morgan fingerprint density at radius 3 is 1.29 bits per heavy atom. The maximum atomic E-state index is 14.7. The second kappa shape index (κ2) is 35.0. The van der Waals surface area contributed by atoms with Crippen molar-refractivity contribution < 1.29 is 57.4 Å². The number of nitrogens with zero attached hydrogens (tertiary/aromatic N) is 8. The van der Waals surface area contributed by atoms with Gasteiger partial charge in [0.1, 0.15) is 23.3 Å². The molecule has 2 heterocycles. The number of likely N-dealkylation sites (tertiary alicyclic amines) is 2. The molecule has 0 aromatic heterocycles. The lowest BCUT2D eigenvalue weighted by Crippen LogP contribution is -2.59. The average molecular weight is 1320 g/mol. The lowest BCUT2D eigenvalue weighted by Gasteiger charge is -2.38. The van der Waals surface area contributed by atoms with E-state index in [1.807, 2.05) is 107 Å². The molecule has 3 N–H and O–H groups in total. The minimum absolute atomic E-state index is 0.0692. The molecule has 23 heteroatoms. The Labute approximate surface area is 566 Å². The van der Waals surface area contributed by atoms with Gasteiger partial charge in [-0.3, -0.25) is 24.1 Å². The zero-order chi connectivity index (χ0) is 71.3. The van der Waals surface area contributed by atoms with Crippen molar-refractivity contribution in [2.75, 3.05) is 64.0 Å². The minimum atomic E-state index is -0.935. The van der Waals surface area contributed by atoms with Gasteiger partial charge >= 0.3 is 24.2 Å². The van der Waals surface area contributed by atoms with Crippen molar-refractivity contribution in [2.24, 2.45) is 26.7 Å². The quantitative estimate of drug-likeness (QED) is 0.0462. The highest BCUT2D eigenvalue weighted by molar-refractivity contribution is 5.94. The molecule has 0 radical (unpaired) electrons. The van der Waals surface area contributed by atoms with E-state index in [9.17, 15) is 47.9 Å². The van der Waals surface area contributed by atoms with Crippen molar-refractivity contribution in [2.45, 2.75) is 183 Å². The Bertz CT molecular complexity index is 3140. The fourth-order valence-corrected chi connectivity index (χ4v) is 11.0. The SMILES string of the molecule is C[C@@H](C(=O)C[C@H](C(=O)N1CCC[C@H]1CN(CCc1ccccc1)C(=O)Nc1ccc(NC(=O)N(CCc2ccccc2)C[C@@H]2CCCN2C(=O)[C@@H](NC(=O)[C@H](C)N(C)C(=O)OC(C)(C)C)C(C)(C)C)cc1)C(C)(C)C)N(C)C(=O)OC(C)(C)C.O=C=Nc1ccc(N=C=O)cc1. The number of urea groups is 2. The van der Waals surface area contributed by atoms with E-state index in [-0.39, 0.29) is 61.3 Å². The third-order valence-corrected chi connectivity index (χ3v) is 16.9. The summed E-state index contributed by atoms with van der Waals surface area (Å²) in [6, 6.07) is 28.7. The average Bonchev–Trinajstić information content (AvgIpc) is 1.42. The summed E-state index contributed by atoms with van der Waals surface area (Å²) in [5.74, 6) is -1.86. The van der Waals surface area contributed by atoms with Crippen molar-refractivity contribution in [3.05, 3.63) is 120 Å². The van der Waals surface area contributed by atoms with Crippen molar-refractivity contribution in [1.29, 1.82) is 0 Å². The van der Waals surface area contributed by atoms with Gasteiger partial charge in [0.05, 0.1) is 17.4 Å². The summed E-state index contributed by atoms with van der Waals surface area (Å²) in [4.78, 5) is 147. The maximum Gasteiger partial charge on any atom is 0.410 e. The molecular weight excluding hydrogens is 1220 g/mol. The van der Waals surface area contributed by atoms with E-state index in [0.29, 0.717) is 81.0 Å². The molecule has 4 aromatic rings. The molecular formula is C73H101N11O12. The molecule has 23 nitrogen and oxygen atoms in total. The summed E-state index contributed by atoms with van der Waals surface area (Å²) in [6.45, 7) is 27.3. The molecule has 0 saturated carbocycles. The Balaban J connectivity index is 0.00000125.